The average Bonchev–Trinajstić information content (AvgIpc) is 2.46. The van der Waals surface area contributed by atoms with Crippen molar-refractivity contribution in [1.82, 2.24) is 4.98 Å². The smallest absolute Gasteiger partial charge is 0.274 e. The van der Waals surface area contributed by atoms with E-state index in [0.29, 0.717) is 5.69 Å². The topological polar surface area (TPSA) is 42.0 Å². The number of carbonyl (C=O) groups excluding carboxylic acids is 1. The fourth-order valence-electron chi connectivity index (χ4n) is 2.06. The van der Waals surface area contributed by atoms with Crippen molar-refractivity contribution in [1.29, 1.82) is 0 Å². The number of hydrogen-bond donors (Lipinski definition) is 1. The molecule has 0 spiro atoms. The summed E-state index contributed by atoms with van der Waals surface area (Å²) in [6.45, 7) is 0. The molecular formula is C16H11IN2O. The summed E-state index contributed by atoms with van der Waals surface area (Å²) in [5, 5.41) is 4.75. The van der Waals surface area contributed by atoms with Crippen molar-refractivity contribution in [3.63, 3.8) is 0 Å². The molecule has 0 fully saturated rings. The van der Waals surface area contributed by atoms with E-state index in [1.807, 2.05) is 54.6 Å². The third kappa shape index (κ3) is 2.65. The molecule has 0 saturated carbocycles. The highest BCUT2D eigenvalue weighted by Crippen LogP contribution is 2.18. The van der Waals surface area contributed by atoms with E-state index in [1.54, 1.807) is 6.20 Å². The fourth-order valence-corrected chi connectivity index (χ4v) is 2.60. The number of fused-ring (bicyclic) bond motifs is 1. The summed E-state index contributed by atoms with van der Waals surface area (Å²) in [6.07, 6.45) is 1.66. The van der Waals surface area contributed by atoms with Crippen molar-refractivity contribution in [2.75, 3.05) is 5.32 Å². The van der Waals surface area contributed by atoms with Gasteiger partial charge in [0.25, 0.3) is 5.91 Å². The molecule has 3 aromatic rings. The molecule has 3 nitrogen and oxygen atoms in total. The van der Waals surface area contributed by atoms with Gasteiger partial charge in [0.1, 0.15) is 5.69 Å². The van der Waals surface area contributed by atoms with Crippen molar-refractivity contribution >= 4 is 45.0 Å². The molecule has 0 bridgehead atoms. The van der Waals surface area contributed by atoms with E-state index in [-0.39, 0.29) is 5.91 Å². The van der Waals surface area contributed by atoms with Gasteiger partial charge < -0.3 is 5.32 Å². The van der Waals surface area contributed by atoms with Crippen LogP contribution in [0.25, 0.3) is 10.8 Å². The van der Waals surface area contributed by atoms with Crippen LogP contribution in [0.2, 0.25) is 0 Å². The lowest BCUT2D eigenvalue weighted by Crippen LogP contribution is -2.14. The molecule has 0 unspecified atom stereocenters. The predicted molar refractivity (Wildman–Crippen MR) is 88.9 cm³/mol. The Kier molecular flexibility index (Phi) is 3.64. The van der Waals surface area contributed by atoms with E-state index in [9.17, 15) is 4.79 Å². The van der Waals surface area contributed by atoms with Gasteiger partial charge in [-0.3, -0.25) is 9.78 Å². The Hall–Kier alpha value is -1.95. The first-order chi connectivity index (χ1) is 9.74. The standard InChI is InChI=1S/C16H11IN2O/c17-12-5-3-6-13(10-12)19-16(20)15-14-7-2-1-4-11(14)8-9-18-15/h1-10H,(H,19,20). The number of anilines is 1. The van der Waals surface area contributed by atoms with Crippen molar-refractivity contribution in [2.24, 2.45) is 0 Å². The number of pyridine rings is 1. The summed E-state index contributed by atoms with van der Waals surface area (Å²) in [5.74, 6) is -0.191. The lowest BCUT2D eigenvalue weighted by molar-refractivity contribution is 0.102. The number of hydrogen-bond acceptors (Lipinski definition) is 2. The van der Waals surface area contributed by atoms with Crippen LogP contribution in [0.5, 0.6) is 0 Å². The van der Waals surface area contributed by atoms with Gasteiger partial charge in [-0.1, -0.05) is 30.3 Å². The molecule has 3 rings (SSSR count). The Morgan fingerprint density at radius 1 is 1.05 bits per heavy atom. The molecule has 0 atom stereocenters. The minimum atomic E-state index is -0.191. The van der Waals surface area contributed by atoms with Crippen molar-refractivity contribution in [3.8, 4) is 0 Å². The van der Waals surface area contributed by atoms with Gasteiger partial charge in [-0.25, -0.2) is 0 Å². The van der Waals surface area contributed by atoms with E-state index < -0.39 is 0 Å². The minimum Gasteiger partial charge on any atom is -0.321 e. The number of amides is 1. The van der Waals surface area contributed by atoms with E-state index in [4.69, 9.17) is 0 Å². The highest BCUT2D eigenvalue weighted by atomic mass is 127. The first-order valence-corrected chi connectivity index (χ1v) is 7.22. The van der Waals surface area contributed by atoms with Crippen LogP contribution in [0.3, 0.4) is 0 Å². The molecule has 1 aromatic heterocycles. The number of benzene rings is 2. The van der Waals surface area contributed by atoms with Crippen molar-refractivity contribution < 1.29 is 4.79 Å². The van der Waals surface area contributed by atoms with Crippen LogP contribution in [0.4, 0.5) is 5.69 Å². The average molecular weight is 374 g/mol. The monoisotopic (exact) mass is 374 g/mol. The zero-order valence-electron chi connectivity index (χ0n) is 10.5. The Labute approximate surface area is 130 Å². The van der Waals surface area contributed by atoms with Gasteiger partial charge in [0.2, 0.25) is 0 Å². The number of aromatic nitrogens is 1. The van der Waals surface area contributed by atoms with Crippen LogP contribution in [0.15, 0.2) is 60.8 Å². The van der Waals surface area contributed by atoms with Gasteiger partial charge in [0.05, 0.1) is 0 Å². The lowest BCUT2D eigenvalue weighted by Gasteiger charge is -2.07. The summed E-state index contributed by atoms with van der Waals surface area (Å²) in [4.78, 5) is 16.6. The molecule has 1 N–H and O–H groups in total. The Morgan fingerprint density at radius 3 is 2.75 bits per heavy atom. The molecule has 0 saturated heterocycles. The number of nitrogens with zero attached hydrogens (tertiary/aromatic N) is 1. The lowest BCUT2D eigenvalue weighted by atomic mass is 10.1. The first-order valence-electron chi connectivity index (χ1n) is 6.15. The largest absolute Gasteiger partial charge is 0.321 e. The summed E-state index contributed by atoms with van der Waals surface area (Å²) in [5.41, 5.74) is 1.22. The molecule has 0 aliphatic rings. The van der Waals surface area contributed by atoms with E-state index >= 15 is 0 Å². The van der Waals surface area contributed by atoms with Gasteiger partial charge in [-0.05, 0) is 52.2 Å². The highest BCUT2D eigenvalue weighted by molar-refractivity contribution is 14.1. The number of nitrogens with one attached hydrogen (secondary N) is 1. The third-order valence-electron chi connectivity index (χ3n) is 2.97. The first kappa shape index (κ1) is 13.1. The van der Waals surface area contributed by atoms with Crippen LogP contribution >= 0.6 is 22.6 Å². The SMILES string of the molecule is O=C(Nc1cccc(I)c1)c1nccc2ccccc12. The van der Waals surface area contributed by atoms with Crippen LogP contribution in [-0.2, 0) is 0 Å². The quantitative estimate of drug-likeness (QED) is 0.687. The van der Waals surface area contributed by atoms with Crippen molar-refractivity contribution in [3.05, 3.63) is 70.1 Å². The Morgan fingerprint density at radius 2 is 1.90 bits per heavy atom. The fraction of sp³-hybridized carbons (Fsp3) is 0. The molecule has 0 aliphatic heterocycles. The van der Waals surface area contributed by atoms with Crippen LogP contribution in [0, 0.1) is 3.57 Å². The molecule has 4 heteroatoms. The third-order valence-corrected chi connectivity index (χ3v) is 3.64. The predicted octanol–water partition coefficient (Wildman–Crippen LogP) is 4.09. The van der Waals surface area contributed by atoms with E-state index in [0.717, 1.165) is 20.0 Å². The highest BCUT2D eigenvalue weighted by Gasteiger charge is 2.11. The number of carbonyl (C=O) groups is 1. The van der Waals surface area contributed by atoms with E-state index in [1.165, 1.54) is 0 Å². The number of halogens is 1. The summed E-state index contributed by atoms with van der Waals surface area (Å²) < 4.78 is 1.08. The van der Waals surface area contributed by atoms with Crippen LogP contribution in [0.1, 0.15) is 10.5 Å². The Balaban J connectivity index is 1.97. The normalized spacial score (nSPS) is 10.4. The van der Waals surface area contributed by atoms with Crippen LogP contribution < -0.4 is 5.32 Å². The number of rotatable bonds is 2. The Bertz CT molecular complexity index is 781. The molecule has 98 valence electrons. The second kappa shape index (κ2) is 5.58. The van der Waals surface area contributed by atoms with Gasteiger partial charge >= 0.3 is 0 Å². The maximum Gasteiger partial charge on any atom is 0.274 e. The van der Waals surface area contributed by atoms with Crippen molar-refractivity contribution in [2.45, 2.75) is 0 Å². The maximum atomic E-state index is 12.4. The summed E-state index contributed by atoms with van der Waals surface area (Å²) in [6, 6.07) is 17.3. The maximum absolute atomic E-state index is 12.4. The molecule has 0 radical (unpaired) electrons. The molecule has 1 amide bonds. The minimum absolute atomic E-state index is 0.191. The van der Waals surface area contributed by atoms with Gasteiger partial charge in [-0.15, -0.1) is 0 Å². The molecule has 20 heavy (non-hydrogen) atoms. The second-order valence-corrected chi connectivity index (χ2v) is 5.59. The molecular weight excluding hydrogens is 363 g/mol. The van der Waals surface area contributed by atoms with E-state index in [2.05, 4.69) is 32.9 Å². The van der Waals surface area contributed by atoms with Gasteiger partial charge in [0, 0.05) is 20.8 Å². The zero-order chi connectivity index (χ0) is 13.9. The molecule has 2 aromatic carbocycles. The summed E-state index contributed by atoms with van der Waals surface area (Å²) >= 11 is 2.21. The second-order valence-electron chi connectivity index (χ2n) is 4.35. The van der Waals surface area contributed by atoms with Crippen LogP contribution in [-0.4, -0.2) is 10.9 Å². The summed E-state index contributed by atoms with van der Waals surface area (Å²) in [7, 11) is 0. The van der Waals surface area contributed by atoms with Gasteiger partial charge in [-0.2, -0.15) is 0 Å². The molecule has 1 heterocycles. The molecule has 0 aliphatic carbocycles. The van der Waals surface area contributed by atoms with Gasteiger partial charge in [0.15, 0.2) is 0 Å². The zero-order valence-corrected chi connectivity index (χ0v) is 12.7.